The summed E-state index contributed by atoms with van der Waals surface area (Å²) in [6.45, 7) is 4.27. The molecule has 4 rings (SSSR count). The van der Waals surface area contributed by atoms with Crippen LogP contribution in [-0.2, 0) is 0 Å². The predicted molar refractivity (Wildman–Crippen MR) is 107 cm³/mol. The average molecular weight is 380 g/mol. The van der Waals surface area contributed by atoms with Crippen LogP contribution in [0.2, 0.25) is 0 Å². The first-order chi connectivity index (χ1) is 13.8. The monoisotopic (exact) mass is 380 g/mol. The Bertz CT molecular complexity index is 886. The van der Waals surface area contributed by atoms with Crippen LogP contribution in [0.4, 0.5) is 17.5 Å². The topological polar surface area (TPSA) is 88.2 Å². The van der Waals surface area contributed by atoms with Gasteiger partial charge in [-0.05, 0) is 31.9 Å². The Labute approximate surface area is 163 Å². The van der Waals surface area contributed by atoms with E-state index in [4.69, 9.17) is 9.47 Å². The summed E-state index contributed by atoms with van der Waals surface area (Å²) >= 11 is 0. The molecule has 3 heterocycles. The first-order valence-corrected chi connectivity index (χ1v) is 9.53. The fraction of sp³-hybridized carbons (Fsp3) is 0.350. The van der Waals surface area contributed by atoms with Crippen LogP contribution in [0.25, 0.3) is 0 Å². The van der Waals surface area contributed by atoms with Gasteiger partial charge < -0.3 is 19.7 Å². The van der Waals surface area contributed by atoms with E-state index in [1.165, 1.54) is 0 Å². The SMILES string of the molecule is CCOc1ccccc1OC1CCCN(c2cncc(Nc3ccn[nH]3)n2)C1. The standard InChI is InChI=1S/C20H24N6O2/c1-2-27-16-7-3-4-8-17(16)28-15-6-5-11-26(14-15)20-13-21-12-19(24-20)23-18-9-10-22-25-18/h3-4,7-10,12-13,15H,2,5-6,11,14H2,1H3,(H2,22,23,24,25). The van der Waals surface area contributed by atoms with Gasteiger partial charge in [-0.15, -0.1) is 0 Å². The Morgan fingerprint density at radius 3 is 2.93 bits per heavy atom. The highest BCUT2D eigenvalue weighted by Crippen LogP contribution is 2.30. The molecule has 1 unspecified atom stereocenters. The summed E-state index contributed by atoms with van der Waals surface area (Å²) in [5, 5.41) is 9.96. The van der Waals surface area contributed by atoms with Gasteiger partial charge in [0.2, 0.25) is 0 Å². The van der Waals surface area contributed by atoms with Crippen molar-refractivity contribution in [3.05, 3.63) is 48.9 Å². The summed E-state index contributed by atoms with van der Waals surface area (Å²) in [6.07, 6.45) is 7.26. The molecule has 0 saturated carbocycles. The maximum atomic E-state index is 6.26. The first-order valence-electron chi connectivity index (χ1n) is 9.53. The number of aromatic nitrogens is 4. The molecule has 1 atom stereocenters. The number of hydrogen-bond donors (Lipinski definition) is 2. The summed E-state index contributed by atoms with van der Waals surface area (Å²) < 4.78 is 11.9. The number of para-hydroxylation sites is 2. The molecule has 1 aliphatic heterocycles. The third kappa shape index (κ3) is 4.33. The maximum absolute atomic E-state index is 6.26. The third-order valence-corrected chi connectivity index (χ3v) is 4.53. The van der Waals surface area contributed by atoms with Gasteiger partial charge in [0, 0.05) is 12.6 Å². The summed E-state index contributed by atoms with van der Waals surface area (Å²) in [5.74, 6) is 3.85. The largest absolute Gasteiger partial charge is 0.490 e. The van der Waals surface area contributed by atoms with Crippen molar-refractivity contribution in [1.82, 2.24) is 20.2 Å². The van der Waals surface area contributed by atoms with Crippen molar-refractivity contribution in [3.8, 4) is 11.5 Å². The van der Waals surface area contributed by atoms with Crippen molar-refractivity contribution in [2.75, 3.05) is 29.9 Å². The van der Waals surface area contributed by atoms with Crippen molar-refractivity contribution < 1.29 is 9.47 Å². The van der Waals surface area contributed by atoms with Crippen molar-refractivity contribution >= 4 is 17.5 Å². The van der Waals surface area contributed by atoms with Crippen LogP contribution in [0.1, 0.15) is 19.8 Å². The van der Waals surface area contributed by atoms with E-state index in [1.807, 2.05) is 37.3 Å². The maximum Gasteiger partial charge on any atom is 0.161 e. The predicted octanol–water partition coefficient (Wildman–Crippen LogP) is 3.39. The number of hydrogen-bond acceptors (Lipinski definition) is 7. The zero-order valence-electron chi connectivity index (χ0n) is 15.8. The number of rotatable bonds is 7. The molecule has 1 fully saturated rings. The number of ether oxygens (including phenoxy) is 2. The van der Waals surface area contributed by atoms with Gasteiger partial charge >= 0.3 is 0 Å². The van der Waals surface area contributed by atoms with Crippen LogP contribution in [0.15, 0.2) is 48.9 Å². The molecule has 2 aromatic heterocycles. The van der Waals surface area contributed by atoms with Crippen molar-refractivity contribution in [3.63, 3.8) is 0 Å². The molecule has 146 valence electrons. The minimum Gasteiger partial charge on any atom is -0.490 e. The van der Waals surface area contributed by atoms with E-state index in [1.54, 1.807) is 18.6 Å². The molecule has 1 aliphatic rings. The van der Waals surface area contributed by atoms with Gasteiger partial charge in [-0.1, -0.05) is 12.1 Å². The first kappa shape index (κ1) is 18.1. The van der Waals surface area contributed by atoms with Crippen molar-refractivity contribution in [2.24, 2.45) is 0 Å². The van der Waals surface area contributed by atoms with Crippen LogP contribution in [0.3, 0.4) is 0 Å². The number of anilines is 3. The fourth-order valence-corrected chi connectivity index (χ4v) is 3.28. The molecule has 1 saturated heterocycles. The Morgan fingerprint density at radius 2 is 2.11 bits per heavy atom. The average Bonchev–Trinajstić information content (AvgIpc) is 3.23. The lowest BCUT2D eigenvalue weighted by molar-refractivity contribution is 0.170. The molecule has 0 aliphatic carbocycles. The van der Waals surface area contributed by atoms with Gasteiger partial charge in [-0.25, -0.2) is 4.98 Å². The normalized spacial score (nSPS) is 16.6. The number of nitrogens with zero attached hydrogens (tertiary/aromatic N) is 4. The third-order valence-electron chi connectivity index (χ3n) is 4.53. The van der Waals surface area contributed by atoms with Crippen LogP contribution < -0.4 is 19.7 Å². The van der Waals surface area contributed by atoms with E-state index < -0.39 is 0 Å². The molecule has 1 aromatic carbocycles. The molecule has 0 spiro atoms. The van der Waals surface area contributed by atoms with Gasteiger partial charge in [-0.2, -0.15) is 5.10 Å². The number of benzene rings is 1. The molecule has 8 heteroatoms. The molecule has 0 radical (unpaired) electrons. The second-order valence-electron chi connectivity index (χ2n) is 6.57. The van der Waals surface area contributed by atoms with Gasteiger partial charge in [-0.3, -0.25) is 10.1 Å². The Kier molecular flexibility index (Phi) is 5.56. The van der Waals surface area contributed by atoms with E-state index in [9.17, 15) is 0 Å². The van der Waals surface area contributed by atoms with Crippen LogP contribution in [0.5, 0.6) is 11.5 Å². The van der Waals surface area contributed by atoms with E-state index in [0.717, 1.165) is 49.1 Å². The van der Waals surface area contributed by atoms with Crippen molar-refractivity contribution in [1.29, 1.82) is 0 Å². The second-order valence-corrected chi connectivity index (χ2v) is 6.57. The molecule has 28 heavy (non-hydrogen) atoms. The minimum atomic E-state index is 0.0707. The summed E-state index contributed by atoms with van der Waals surface area (Å²) in [4.78, 5) is 11.2. The van der Waals surface area contributed by atoms with E-state index in [-0.39, 0.29) is 6.10 Å². The number of aromatic amines is 1. The lowest BCUT2D eigenvalue weighted by atomic mass is 10.1. The van der Waals surface area contributed by atoms with Crippen LogP contribution >= 0.6 is 0 Å². The van der Waals surface area contributed by atoms with E-state index in [0.29, 0.717) is 12.4 Å². The smallest absolute Gasteiger partial charge is 0.161 e. The van der Waals surface area contributed by atoms with Crippen LogP contribution in [0, 0.1) is 0 Å². The Hall–Kier alpha value is -3.29. The highest BCUT2D eigenvalue weighted by Gasteiger charge is 2.23. The molecular formula is C20H24N6O2. The molecular weight excluding hydrogens is 356 g/mol. The minimum absolute atomic E-state index is 0.0707. The van der Waals surface area contributed by atoms with Crippen molar-refractivity contribution in [2.45, 2.75) is 25.9 Å². The van der Waals surface area contributed by atoms with Gasteiger partial charge in [0.1, 0.15) is 17.7 Å². The van der Waals surface area contributed by atoms with Crippen LogP contribution in [-0.4, -0.2) is 46.0 Å². The van der Waals surface area contributed by atoms with E-state index >= 15 is 0 Å². The summed E-state index contributed by atoms with van der Waals surface area (Å²) in [6, 6.07) is 9.66. The second kappa shape index (κ2) is 8.60. The number of piperidine rings is 1. The molecule has 0 bridgehead atoms. The zero-order valence-corrected chi connectivity index (χ0v) is 15.8. The lowest BCUT2D eigenvalue weighted by Gasteiger charge is -2.33. The molecule has 8 nitrogen and oxygen atoms in total. The highest BCUT2D eigenvalue weighted by atomic mass is 16.5. The number of nitrogens with one attached hydrogen (secondary N) is 2. The van der Waals surface area contributed by atoms with Gasteiger partial charge in [0.05, 0.1) is 31.7 Å². The summed E-state index contributed by atoms with van der Waals surface area (Å²) in [5.41, 5.74) is 0. The van der Waals surface area contributed by atoms with Gasteiger partial charge in [0.15, 0.2) is 17.3 Å². The molecule has 0 amide bonds. The quantitative estimate of drug-likeness (QED) is 0.649. The Balaban J connectivity index is 1.44. The Morgan fingerprint density at radius 1 is 1.21 bits per heavy atom. The van der Waals surface area contributed by atoms with Gasteiger partial charge in [0.25, 0.3) is 0 Å². The zero-order chi connectivity index (χ0) is 19.2. The molecule has 2 N–H and O–H groups in total. The van der Waals surface area contributed by atoms with E-state index in [2.05, 4.69) is 30.4 Å². The summed E-state index contributed by atoms with van der Waals surface area (Å²) in [7, 11) is 0. The lowest BCUT2D eigenvalue weighted by Crippen LogP contribution is -2.41. The highest BCUT2D eigenvalue weighted by molar-refractivity contribution is 5.53. The number of H-pyrrole nitrogens is 1. The fourth-order valence-electron chi connectivity index (χ4n) is 3.28. The molecule has 3 aromatic rings.